The van der Waals surface area contributed by atoms with Crippen LogP contribution in [0.4, 0.5) is 0 Å². The van der Waals surface area contributed by atoms with Gasteiger partial charge in [-0.1, -0.05) is 18.2 Å². The number of methoxy groups -OCH3 is 1. The van der Waals surface area contributed by atoms with Crippen molar-refractivity contribution in [3.63, 3.8) is 0 Å². The third-order valence-corrected chi connectivity index (χ3v) is 2.82. The normalized spacial score (nSPS) is 10.2. The molecule has 1 aromatic heterocycles. The van der Waals surface area contributed by atoms with E-state index >= 15 is 0 Å². The standard InChI is InChI=1S/C15H17NO2/c1-11-6-4-7-12(2)14(11)18-10-13-8-5-9-16-15(13)17-3/h4-9H,10H2,1-3H3. The number of pyridine rings is 1. The lowest BCUT2D eigenvalue weighted by Gasteiger charge is -2.13. The summed E-state index contributed by atoms with van der Waals surface area (Å²) in [6.07, 6.45) is 1.71. The Morgan fingerprint density at radius 1 is 1.06 bits per heavy atom. The highest BCUT2D eigenvalue weighted by atomic mass is 16.5. The lowest BCUT2D eigenvalue weighted by molar-refractivity contribution is 0.290. The van der Waals surface area contributed by atoms with E-state index in [9.17, 15) is 0 Å². The molecule has 94 valence electrons. The van der Waals surface area contributed by atoms with Crippen molar-refractivity contribution in [2.45, 2.75) is 20.5 Å². The van der Waals surface area contributed by atoms with Crippen molar-refractivity contribution in [1.82, 2.24) is 4.98 Å². The van der Waals surface area contributed by atoms with E-state index in [0.717, 1.165) is 22.4 Å². The van der Waals surface area contributed by atoms with Gasteiger partial charge in [0, 0.05) is 6.20 Å². The summed E-state index contributed by atoms with van der Waals surface area (Å²) in [7, 11) is 1.62. The fourth-order valence-corrected chi connectivity index (χ4v) is 1.89. The Hall–Kier alpha value is -2.03. The van der Waals surface area contributed by atoms with Gasteiger partial charge in [0.1, 0.15) is 12.4 Å². The topological polar surface area (TPSA) is 31.4 Å². The van der Waals surface area contributed by atoms with Crippen LogP contribution in [0.25, 0.3) is 0 Å². The number of rotatable bonds is 4. The van der Waals surface area contributed by atoms with Gasteiger partial charge in [0.2, 0.25) is 5.88 Å². The minimum absolute atomic E-state index is 0.461. The Kier molecular flexibility index (Phi) is 3.82. The smallest absolute Gasteiger partial charge is 0.219 e. The summed E-state index contributed by atoms with van der Waals surface area (Å²) in [5.41, 5.74) is 3.22. The molecule has 3 nitrogen and oxygen atoms in total. The molecular formula is C15H17NO2. The van der Waals surface area contributed by atoms with Crippen molar-refractivity contribution in [2.75, 3.05) is 7.11 Å². The summed E-state index contributed by atoms with van der Waals surface area (Å²) < 4.78 is 11.1. The van der Waals surface area contributed by atoms with Crippen molar-refractivity contribution < 1.29 is 9.47 Å². The van der Waals surface area contributed by atoms with E-state index in [1.807, 2.05) is 44.2 Å². The summed E-state index contributed by atoms with van der Waals surface area (Å²) in [6.45, 7) is 4.55. The molecule has 0 aliphatic rings. The zero-order chi connectivity index (χ0) is 13.0. The van der Waals surface area contributed by atoms with E-state index in [0.29, 0.717) is 12.5 Å². The van der Waals surface area contributed by atoms with E-state index in [-0.39, 0.29) is 0 Å². The number of ether oxygens (including phenoxy) is 2. The Bertz CT molecular complexity index is 518. The van der Waals surface area contributed by atoms with Gasteiger partial charge in [-0.3, -0.25) is 0 Å². The predicted octanol–water partition coefficient (Wildman–Crippen LogP) is 3.29. The van der Waals surface area contributed by atoms with Gasteiger partial charge in [0.25, 0.3) is 0 Å². The first-order valence-corrected chi connectivity index (χ1v) is 5.89. The van der Waals surface area contributed by atoms with Crippen LogP contribution in [0.3, 0.4) is 0 Å². The van der Waals surface area contributed by atoms with E-state index < -0.39 is 0 Å². The minimum Gasteiger partial charge on any atom is -0.488 e. The molecule has 0 spiro atoms. The van der Waals surface area contributed by atoms with Gasteiger partial charge in [-0.05, 0) is 37.1 Å². The van der Waals surface area contributed by atoms with Crippen LogP contribution in [0, 0.1) is 13.8 Å². The Balaban J connectivity index is 2.16. The monoisotopic (exact) mass is 243 g/mol. The molecule has 3 heteroatoms. The Labute approximate surface area is 107 Å². The molecule has 0 atom stereocenters. The van der Waals surface area contributed by atoms with Crippen molar-refractivity contribution in [1.29, 1.82) is 0 Å². The molecule has 2 rings (SSSR count). The quantitative estimate of drug-likeness (QED) is 0.825. The molecule has 0 saturated carbocycles. The molecule has 0 fully saturated rings. The van der Waals surface area contributed by atoms with E-state index in [1.165, 1.54) is 0 Å². The minimum atomic E-state index is 0.461. The van der Waals surface area contributed by atoms with Crippen molar-refractivity contribution in [3.8, 4) is 11.6 Å². The number of nitrogens with zero attached hydrogens (tertiary/aromatic N) is 1. The van der Waals surface area contributed by atoms with E-state index in [4.69, 9.17) is 9.47 Å². The first kappa shape index (κ1) is 12.4. The highest BCUT2D eigenvalue weighted by molar-refractivity contribution is 5.40. The van der Waals surface area contributed by atoms with Gasteiger partial charge in [-0.25, -0.2) is 4.98 Å². The first-order chi connectivity index (χ1) is 8.72. The van der Waals surface area contributed by atoms with Crippen LogP contribution in [0.2, 0.25) is 0 Å². The van der Waals surface area contributed by atoms with Crippen molar-refractivity contribution in [3.05, 3.63) is 53.2 Å². The van der Waals surface area contributed by atoms with E-state index in [1.54, 1.807) is 13.3 Å². The predicted molar refractivity (Wildman–Crippen MR) is 71.0 cm³/mol. The molecular weight excluding hydrogens is 226 g/mol. The summed E-state index contributed by atoms with van der Waals surface area (Å²) in [4.78, 5) is 4.15. The molecule has 1 aromatic carbocycles. The highest BCUT2D eigenvalue weighted by Crippen LogP contribution is 2.24. The largest absolute Gasteiger partial charge is 0.488 e. The third kappa shape index (κ3) is 2.62. The lowest BCUT2D eigenvalue weighted by Crippen LogP contribution is -2.02. The summed E-state index contributed by atoms with van der Waals surface area (Å²) in [6, 6.07) is 9.96. The fourth-order valence-electron chi connectivity index (χ4n) is 1.89. The van der Waals surface area contributed by atoms with Crippen molar-refractivity contribution in [2.24, 2.45) is 0 Å². The van der Waals surface area contributed by atoms with Gasteiger partial charge in [-0.2, -0.15) is 0 Å². The number of benzene rings is 1. The molecule has 0 N–H and O–H groups in total. The van der Waals surface area contributed by atoms with Crippen LogP contribution in [-0.4, -0.2) is 12.1 Å². The molecule has 1 heterocycles. The second-order valence-corrected chi connectivity index (χ2v) is 4.18. The van der Waals surface area contributed by atoms with Gasteiger partial charge < -0.3 is 9.47 Å². The zero-order valence-corrected chi connectivity index (χ0v) is 10.9. The molecule has 18 heavy (non-hydrogen) atoms. The molecule has 0 bridgehead atoms. The second-order valence-electron chi connectivity index (χ2n) is 4.18. The van der Waals surface area contributed by atoms with E-state index in [2.05, 4.69) is 4.98 Å². The number of para-hydroxylation sites is 1. The van der Waals surface area contributed by atoms with Gasteiger partial charge in [-0.15, -0.1) is 0 Å². The second kappa shape index (κ2) is 5.54. The average Bonchev–Trinajstić information content (AvgIpc) is 2.38. The van der Waals surface area contributed by atoms with Crippen LogP contribution in [-0.2, 0) is 6.61 Å². The summed E-state index contributed by atoms with van der Waals surface area (Å²) >= 11 is 0. The highest BCUT2D eigenvalue weighted by Gasteiger charge is 2.07. The maximum atomic E-state index is 5.88. The third-order valence-electron chi connectivity index (χ3n) is 2.82. The molecule has 0 aliphatic carbocycles. The molecule has 2 aromatic rings. The number of hydrogen-bond donors (Lipinski definition) is 0. The van der Waals surface area contributed by atoms with Crippen LogP contribution < -0.4 is 9.47 Å². The van der Waals surface area contributed by atoms with Crippen LogP contribution >= 0.6 is 0 Å². The average molecular weight is 243 g/mol. The van der Waals surface area contributed by atoms with Crippen LogP contribution in [0.15, 0.2) is 36.5 Å². The maximum absolute atomic E-state index is 5.88. The van der Waals surface area contributed by atoms with Crippen molar-refractivity contribution >= 4 is 0 Å². The lowest BCUT2D eigenvalue weighted by atomic mass is 10.1. The van der Waals surface area contributed by atoms with Crippen LogP contribution in [0.1, 0.15) is 16.7 Å². The number of hydrogen-bond acceptors (Lipinski definition) is 3. The fraction of sp³-hybridized carbons (Fsp3) is 0.267. The molecule has 0 aliphatic heterocycles. The molecule has 0 saturated heterocycles. The summed E-state index contributed by atoms with van der Waals surface area (Å²) in [5, 5.41) is 0. The SMILES string of the molecule is COc1ncccc1COc1c(C)cccc1C. The maximum Gasteiger partial charge on any atom is 0.219 e. The molecule has 0 amide bonds. The van der Waals surface area contributed by atoms with Gasteiger partial charge >= 0.3 is 0 Å². The zero-order valence-electron chi connectivity index (χ0n) is 10.9. The van der Waals surface area contributed by atoms with Gasteiger partial charge in [0.15, 0.2) is 0 Å². The molecule has 0 unspecified atom stereocenters. The first-order valence-electron chi connectivity index (χ1n) is 5.89. The molecule has 0 radical (unpaired) electrons. The Morgan fingerprint density at radius 2 is 1.78 bits per heavy atom. The van der Waals surface area contributed by atoms with Gasteiger partial charge in [0.05, 0.1) is 12.7 Å². The van der Waals surface area contributed by atoms with Crippen LogP contribution in [0.5, 0.6) is 11.6 Å². The summed E-state index contributed by atoms with van der Waals surface area (Å²) in [5.74, 6) is 1.55. The Morgan fingerprint density at radius 3 is 2.44 bits per heavy atom. The number of aryl methyl sites for hydroxylation is 2. The number of aromatic nitrogens is 1.